The van der Waals surface area contributed by atoms with Crippen molar-refractivity contribution in [3.8, 4) is 0 Å². The molecule has 13 heteroatoms. The summed E-state index contributed by atoms with van der Waals surface area (Å²) >= 11 is 0. The molecular formula is C34H66O13. The van der Waals surface area contributed by atoms with Crippen molar-refractivity contribution in [3.63, 3.8) is 0 Å². The van der Waals surface area contributed by atoms with Crippen LogP contribution in [-0.2, 0) is 28.5 Å². The van der Waals surface area contributed by atoms with E-state index in [4.69, 9.17) is 28.8 Å². The first-order valence-electron chi connectivity index (χ1n) is 17.5. The molecule has 8 atom stereocenters. The summed E-state index contributed by atoms with van der Waals surface area (Å²) < 4.78 is 26.4. The molecule has 0 saturated heterocycles. The number of carbonyl (C=O) groups excluding carboxylic acids is 1. The van der Waals surface area contributed by atoms with Gasteiger partial charge in [0, 0.05) is 6.42 Å². The van der Waals surface area contributed by atoms with E-state index in [1.807, 2.05) is 13.8 Å². The van der Waals surface area contributed by atoms with Crippen molar-refractivity contribution in [2.24, 2.45) is 0 Å². The minimum absolute atomic E-state index is 0.0875. The van der Waals surface area contributed by atoms with Crippen LogP contribution in [0.3, 0.4) is 0 Å². The predicted octanol–water partition coefficient (Wildman–Crippen LogP) is 2.48. The molecule has 0 radical (unpaired) electrons. The summed E-state index contributed by atoms with van der Waals surface area (Å²) in [7, 11) is 0. The Morgan fingerprint density at radius 1 is 0.702 bits per heavy atom. The van der Waals surface area contributed by atoms with Crippen LogP contribution in [0.5, 0.6) is 0 Å². The van der Waals surface area contributed by atoms with Crippen LogP contribution < -0.4 is 0 Å². The second-order valence-corrected chi connectivity index (χ2v) is 12.0. The van der Waals surface area contributed by atoms with Crippen LogP contribution in [-0.4, -0.2) is 131 Å². The Bertz CT molecular complexity index is 739. The van der Waals surface area contributed by atoms with Crippen LogP contribution in [0.2, 0.25) is 0 Å². The maximum Gasteiger partial charge on any atom is 0.305 e. The second kappa shape index (κ2) is 30.8. The molecule has 0 saturated carbocycles. The second-order valence-electron chi connectivity index (χ2n) is 12.0. The standard InChI is InChI=1S/C34H66O13/c1-4-43-30(39)20-18-16-14-12-10-8-6-5-7-9-11-13-15-17-19-26(2)46-25-47-29(23-36)32(41)28(38)24-45-34(44-22-21-35)33(42)31(40)27(3)37/h7,9,26-29,31-38,40-42H,4-6,8,10-25H2,1-3H3/b9-7-/t26?,27-,28?,29?,31?,32+,33+,34+/m1/s1. The van der Waals surface area contributed by atoms with Crippen molar-refractivity contribution < 1.29 is 64.2 Å². The minimum Gasteiger partial charge on any atom is -0.466 e. The topological polar surface area (TPSA) is 205 Å². The number of aliphatic hydroxyl groups is 7. The highest BCUT2D eigenvalue weighted by atomic mass is 16.7. The number of ether oxygens (including phenoxy) is 5. The van der Waals surface area contributed by atoms with Gasteiger partial charge < -0.3 is 59.4 Å². The fourth-order valence-corrected chi connectivity index (χ4v) is 4.74. The lowest BCUT2D eigenvalue weighted by atomic mass is 10.1. The molecule has 0 bridgehead atoms. The van der Waals surface area contributed by atoms with Crippen LogP contribution in [0.15, 0.2) is 12.2 Å². The molecule has 280 valence electrons. The van der Waals surface area contributed by atoms with Gasteiger partial charge in [0.15, 0.2) is 6.29 Å². The predicted molar refractivity (Wildman–Crippen MR) is 176 cm³/mol. The monoisotopic (exact) mass is 682 g/mol. The van der Waals surface area contributed by atoms with Gasteiger partial charge in [0.25, 0.3) is 0 Å². The van der Waals surface area contributed by atoms with Crippen molar-refractivity contribution in [1.82, 2.24) is 0 Å². The molecule has 0 aliphatic heterocycles. The number of allylic oxidation sites excluding steroid dienone is 2. The van der Waals surface area contributed by atoms with Gasteiger partial charge >= 0.3 is 5.97 Å². The summed E-state index contributed by atoms with van der Waals surface area (Å²) in [5.74, 6) is -0.0875. The normalized spacial score (nSPS) is 17.2. The lowest BCUT2D eigenvalue weighted by molar-refractivity contribution is -0.242. The number of unbranched alkanes of at least 4 members (excludes halogenated alkanes) is 10. The van der Waals surface area contributed by atoms with Gasteiger partial charge in [0.2, 0.25) is 0 Å². The molecule has 0 aromatic carbocycles. The van der Waals surface area contributed by atoms with E-state index in [1.54, 1.807) is 0 Å². The van der Waals surface area contributed by atoms with E-state index in [1.165, 1.54) is 39.0 Å². The largest absolute Gasteiger partial charge is 0.466 e. The smallest absolute Gasteiger partial charge is 0.305 e. The Labute approximate surface area is 281 Å². The fraction of sp³-hybridized carbons (Fsp3) is 0.912. The highest BCUT2D eigenvalue weighted by Crippen LogP contribution is 2.15. The van der Waals surface area contributed by atoms with E-state index in [2.05, 4.69) is 12.2 Å². The summed E-state index contributed by atoms with van der Waals surface area (Å²) in [5, 5.41) is 68.9. The molecule has 0 spiro atoms. The van der Waals surface area contributed by atoms with Gasteiger partial charge in [-0.3, -0.25) is 4.79 Å². The molecular weight excluding hydrogens is 616 g/mol. The average Bonchev–Trinajstić information content (AvgIpc) is 3.05. The van der Waals surface area contributed by atoms with Gasteiger partial charge in [-0.15, -0.1) is 0 Å². The Morgan fingerprint density at radius 3 is 1.87 bits per heavy atom. The fourth-order valence-electron chi connectivity index (χ4n) is 4.74. The summed E-state index contributed by atoms with van der Waals surface area (Å²) in [4.78, 5) is 11.3. The first-order chi connectivity index (χ1) is 22.6. The molecule has 0 aromatic heterocycles. The maximum absolute atomic E-state index is 11.3. The quantitative estimate of drug-likeness (QED) is 0.0230. The third-order valence-electron chi connectivity index (χ3n) is 7.72. The van der Waals surface area contributed by atoms with Crippen LogP contribution in [0.25, 0.3) is 0 Å². The Balaban J connectivity index is 4.00. The molecule has 4 unspecified atom stereocenters. The van der Waals surface area contributed by atoms with Crippen molar-refractivity contribution in [2.75, 3.05) is 39.8 Å². The van der Waals surface area contributed by atoms with Gasteiger partial charge in [0.1, 0.15) is 37.3 Å². The third kappa shape index (κ3) is 24.5. The van der Waals surface area contributed by atoms with Gasteiger partial charge in [-0.2, -0.15) is 0 Å². The zero-order chi connectivity index (χ0) is 35.3. The first-order valence-corrected chi connectivity index (χ1v) is 17.5. The molecule has 0 aromatic rings. The summed E-state index contributed by atoms with van der Waals surface area (Å²) in [6.45, 7) is 3.46. The van der Waals surface area contributed by atoms with Gasteiger partial charge in [-0.1, -0.05) is 57.1 Å². The minimum atomic E-state index is -1.69. The van der Waals surface area contributed by atoms with Crippen LogP contribution in [0.1, 0.15) is 111 Å². The van der Waals surface area contributed by atoms with Crippen molar-refractivity contribution >= 4 is 5.97 Å². The highest BCUT2D eigenvalue weighted by Gasteiger charge is 2.33. The number of hydrogen-bond acceptors (Lipinski definition) is 13. The van der Waals surface area contributed by atoms with Crippen molar-refractivity contribution in [1.29, 1.82) is 0 Å². The van der Waals surface area contributed by atoms with Gasteiger partial charge in [0.05, 0.1) is 45.2 Å². The summed E-state index contributed by atoms with van der Waals surface area (Å²) in [6.07, 6.45) is 8.80. The molecule has 13 nitrogen and oxygen atoms in total. The average molecular weight is 683 g/mol. The molecule has 0 rings (SSSR count). The SMILES string of the molecule is CCOC(=O)CCCCCCCCC/C=C\CCCCCC(C)OCOC(CO)[C@@H](O)C(O)CO[C@H](OCCO)[C@@H](O)C(O)[C@@H](C)O. The van der Waals surface area contributed by atoms with Gasteiger partial charge in [-0.25, -0.2) is 0 Å². The van der Waals surface area contributed by atoms with E-state index in [9.17, 15) is 35.4 Å². The zero-order valence-corrected chi connectivity index (χ0v) is 29.0. The lowest BCUT2D eigenvalue weighted by Crippen LogP contribution is -2.49. The van der Waals surface area contributed by atoms with E-state index in [-0.39, 0.29) is 25.5 Å². The lowest BCUT2D eigenvalue weighted by Gasteiger charge is -2.30. The Hall–Kier alpha value is -1.23. The zero-order valence-electron chi connectivity index (χ0n) is 29.0. The van der Waals surface area contributed by atoms with E-state index < -0.39 is 62.7 Å². The number of aliphatic hydroxyl groups excluding tert-OH is 7. The third-order valence-corrected chi connectivity index (χ3v) is 7.72. The summed E-state index contributed by atoms with van der Waals surface area (Å²) in [6, 6.07) is 0. The summed E-state index contributed by atoms with van der Waals surface area (Å²) in [5.41, 5.74) is 0. The number of hydrogen-bond donors (Lipinski definition) is 7. The van der Waals surface area contributed by atoms with E-state index in [0.717, 1.165) is 51.4 Å². The highest BCUT2D eigenvalue weighted by molar-refractivity contribution is 5.69. The molecule has 47 heavy (non-hydrogen) atoms. The van der Waals surface area contributed by atoms with Crippen LogP contribution in [0, 0.1) is 0 Å². The molecule has 0 fully saturated rings. The van der Waals surface area contributed by atoms with Crippen molar-refractivity contribution in [2.45, 2.75) is 160 Å². The van der Waals surface area contributed by atoms with Crippen LogP contribution >= 0.6 is 0 Å². The van der Waals surface area contributed by atoms with E-state index >= 15 is 0 Å². The Morgan fingerprint density at radius 2 is 1.30 bits per heavy atom. The molecule has 7 N–H and O–H groups in total. The maximum atomic E-state index is 11.3. The molecule has 0 heterocycles. The Kier molecular flexibility index (Phi) is 30.0. The molecule has 0 aliphatic carbocycles. The first kappa shape index (κ1) is 45.8. The van der Waals surface area contributed by atoms with E-state index in [0.29, 0.717) is 13.0 Å². The van der Waals surface area contributed by atoms with Crippen molar-refractivity contribution in [3.05, 3.63) is 12.2 Å². The van der Waals surface area contributed by atoms with Gasteiger partial charge in [-0.05, 0) is 59.3 Å². The molecule has 0 amide bonds. The number of esters is 1. The number of rotatable bonds is 33. The van der Waals surface area contributed by atoms with Crippen LogP contribution in [0.4, 0.5) is 0 Å². The molecule has 0 aliphatic rings. The number of carbonyl (C=O) groups is 1.